The van der Waals surface area contributed by atoms with Gasteiger partial charge in [0.1, 0.15) is 24.5 Å². The van der Waals surface area contributed by atoms with Gasteiger partial charge in [0.05, 0.1) is 18.3 Å². The number of nitrogens with zero attached hydrogens (tertiary/aromatic N) is 3. The van der Waals surface area contributed by atoms with Crippen LogP contribution in [0, 0.1) is 0 Å². The van der Waals surface area contributed by atoms with Crippen molar-refractivity contribution in [2.24, 2.45) is 0 Å². The second kappa shape index (κ2) is 11.5. The van der Waals surface area contributed by atoms with E-state index in [-0.39, 0.29) is 18.7 Å². The number of fused-ring (bicyclic) bond motifs is 1. The third kappa shape index (κ3) is 6.11. The van der Waals surface area contributed by atoms with Gasteiger partial charge in [-0.2, -0.15) is 0 Å². The van der Waals surface area contributed by atoms with Crippen molar-refractivity contribution in [1.29, 1.82) is 0 Å². The van der Waals surface area contributed by atoms with Crippen LogP contribution in [0.15, 0.2) is 77.5 Å². The number of carbonyl (C=O) groups is 1. The fraction of sp³-hybridized carbons (Fsp3) is 0.250. The third-order valence-corrected chi connectivity index (χ3v) is 6.86. The number of rotatable bonds is 7. The smallest absolute Gasteiger partial charge is 0.410 e. The zero-order valence-corrected chi connectivity index (χ0v) is 22.1. The van der Waals surface area contributed by atoms with Crippen LogP contribution in [0.2, 0.25) is 0 Å². The van der Waals surface area contributed by atoms with E-state index in [1.54, 1.807) is 18.3 Å². The Kier molecular flexibility index (Phi) is 7.70. The quantitative estimate of drug-likeness (QED) is 0.271. The Bertz CT molecular complexity index is 1380. The summed E-state index contributed by atoms with van der Waals surface area (Å²) in [4.78, 5) is 23.2. The van der Waals surface area contributed by atoms with Crippen LogP contribution in [-0.4, -0.2) is 47.2 Å². The highest BCUT2D eigenvalue weighted by Crippen LogP contribution is 2.34. The lowest BCUT2D eigenvalue weighted by atomic mass is 10.0. The summed E-state index contributed by atoms with van der Waals surface area (Å²) in [5, 5.41) is 7.89. The average Bonchev–Trinajstić information content (AvgIpc) is 2.93. The molecule has 8 nitrogen and oxygen atoms in total. The van der Waals surface area contributed by atoms with Crippen molar-refractivity contribution in [2.45, 2.75) is 25.5 Å². The number of nitrogens with one attached hydrogen (secondary N) is 2. The van der Waals surface area contributed by atoms with Crippen LogP contribution in [0.4, 0.5) is 22.0 Å². The number of amides is 1. The van der Waals surface area contributed by atoms with E-state index in [2.05, 4.69) is 36.5 Å². The Morgan fingerprint density at radius 2 is 1.86 bits per heavy atom. The number of halogens is 1. The van der Waals surface area contributed by atoms with Crippen molar-refractivity contribution >= 4 is 50.1 Å². The van der Waals surface area contributed by atoms with E-state index in [1.165, 1.54) is 0 Å². The molecule has 0 atom stereocenters. The van der Waals surface area contributed by atoms with Gasteiger partial charge in [-0.1, -0.05) is 52.3 Å². The third-order valence-electron chi connectivity index (χ3n) is 6.36. The second-order valence-electron chi connectivity index (χ2n) is 8.87. The summed E-state index contributed by atoms with van der Waals surface area (Å²) < 4.78 is 12.1. The lowest BCUT2D eigenvalue weighted by molar-refractivity contribution is 0.0881. The molecule has 0 bridgehead atoms. The van der Waals surface area contributed by atoms with Gasteiger partial charge in [-0.25, -0.2) is 14.8 Å². The normalized spacial score (nSPS) is 13.8. The Morgan fingerprint density at radius 1 is 1.05 bits per heavy atom. The molecule has 1 aliphatic heterocycles. The molecule has 9 heteroatoms. The molecule has 1 fully saturated rings. The molecule has 190 valence electrons. The molecule has 4 aromatic rings. The van der Waals surface area contributed by atoms with E-state index in [0.717, 1.165) is 45.2 Å². The monoisotopic (exact) mass is 561 g/mol. The maximum atomic E-state index is 12.5. The minimum atomic E-state index is -0.272. The fourth-order valence-electron chi connectivity index (χ4n) is 4.41. The number of aromatic nitrogens is 2. The molecule has 0 saturated carbocycles. The molecule has 0 unspecified atom stereocenters. The Hall–Kier alpha value is -3.85. The summed E-state index contributed by atoms with van der Waals surface area (Å²) in [7, 11) is 1.65. The number of hydrogen-bond acceptors (Lipinski definition) is 7. The van der Waals surface area contributed by atoms with Gasteiger partial charge in [0.15, 0.2) is 0 Å². The average molecular weight is 562 g/mol. The topological polar surface area (TPSA) is 88.6 Å². The Labute approximate surface area is 224 Å². The number of carbonyl (C=O) groups excluding carboxylic acids is 1. The van der Waals surface area contributed by atoms with Crippen LogP contribution < -0.4 is 15.4 Å². The summed E-state index contributed by atoms with van der Waals surface area (Å²) in [5.41, 5.74) is 3.55. The van der Waals surface area contributed by atoms with Crippen LogP contribution in [0.1, 0.15) is 18.4 Å². The van der Waals surface area contributed by atoms with Gasteiger partial charge in [0, 0.05) is 40.7 Å². The molecule has 37 heavy (non-hydrogen) atoms. The maximum absolute atomic E-state index is 12.5. The molecule has 3 aromatic carbocycles. The first-order chi connectivity index (χ1) is 18.1. The SMILES string of the molecule is COc1cc2ncnc(Nc3cccc(Br)c3)c2cc1NC1CCN(C(=O)OCc2ccccc2)CC1. The predicted octanol–water partition coefficient (Wildman–Crippen LogP) is 6.36. The molecule has 0 spiro atoms. The molecule has 0 aliphatic carbocycles. The molecule has 2 N–H and O–H groups in total. The van der Waals surface area contributed by atoms with Crippen LogP contribution in [-0.2, 0) is 11.3 Å². The van der Waals surface area contributed by atoms with Crippen molar-refractivity contribution in [3.05, 3.63) is 83.1 Å². The molecule has 1 saturated heterocycles. The first-order valence-electron chi connectivity index (χ1n) is 12.2. The minimum absolute atomic E-state index is 0.190. The zero-order valence-electron chi connectivity index (χ0n) is 20.5. The van der Waals surface area contributed by atoms with Crippen LogP contribution in [0.3, 0.4) is 0 Å². The largest absolute Gasteiger partial charge is 0.495 e. The molecule has 0 radical (unpaired) electrons. The van der Waals surface area contributed by atoms with Crippen molar-refractivity contribution in [1.82, 2.24) is 14.9 Å². The van der Waals surface area contributed by atoms with E-state index in [1.807, 2.05) is 66.7 Å². The van der Waals surface area contributed by atoms with Gasteiger partial charge in [-0.05, 0) is 42.7 Å². The maximum Gasteiger partial charge on any atom is 0.410 e. The number of ether oxygens (including phenoxy) is 2. The molecular weight excluding hydrogens is 534 g/mol. The minimum Gasteiger partial charge on any atom is -0.495 e. The summed E-state index contributed by atoms with van der Waals surface area (Å²) in [6.45, 7) is 1.53. The summed E-state index contributed by atoms with van der Waals surface area (Å²) in [6.07, 6.45) is 2.87. The lowest BCUT2D eigenvalue weighted by Gasteiger charge is -2.32. The van der Waals surface area contributed by atoms with Gasteiger partial charge in [-0.3, -0.25) is 0 Å². The zero-order chi connectivity index (χ0) is 25.6. The van der Waals surface area contributed by atoms with Crippen LogP contribution in [0.5, 0.6) is 5.75 Å². The number of anilines is 3. The summed E-state index contributed by atoms with van der Waals surface area (Å²) in [6, 6.07) is 21.8. The molecule has 1 amide bonds. The lowest BCUT2D eigenvalue weighted by Crippen LogP contribution is -2.42. The first-order valence-corrected chi connectivity index (χ1v) is 13.0. The van der Waals surface area contributed by atoms with Crippen LogP contribution >= 0.6 is 15.9 Å². The second-order valence-corrected chi connectivity index (χ2v) is 9.79. The van der Waals surface area contributed by atoms with E-state index in [0.29, 0.717) is 24.7 Å². The molecule has 1 aromatic heterocycles. The highest BCUT2D eigenvalue weighted by atomic mass is 79.9. The predicted molar refractivity (Wildman–Crippen MR) is 148 cm³/mol. The Balaban J connectivity index is 1.26. The highest BCUT2D eigenvalue weighted by molar-refractivity contribution is 9.10. The molecule has 1 aliphatic rings. The Morgan fingerprint density at radius 3 is 2.62 bits per heavy atom. The van der Waals surface area contributed by atoms with E-state index in [4.69, 9.17) is 9.47 Å². The summed E-state index contributed by atoms with van der Waals surface area (Å²) >= 11 is 3.51. The first kappa shape index (κ1) is 24.8. The molecule has 5 rings (SSSR count). The number of piperidine rings is 1. The number of likely N-dealkylation sites (tertiary alicyclic amines) is 1. The van der Waals surface area contributed by atoms with E-state index >= 15 is 0 Å². The standard InChI is InChI=1S/C28H28BrN5O3/c1-36-26-16-24-23(27(31-18-30-24)33-22-9-5-8-20(29)14-22)15-25(26)32-21-10-12-34(13-11-21)28(35)37-17-19-6-3-2-4-7-19/h2-9,14-16,18,21,32H,10-13,17H2,1H3,(H,30,31,33). The summed E-state index contributed by atoms with van der Waals surface area (Å²) in [5.74, 6) is 1.43. The van der Waals surface area contributed by atoms with Crippen molar-refractivity contribution in [3.63, 3.8) is 0 Å². The van der Waals surface area contributed by atoms with Crippen molar-refractivity contribution in [3.8, 4) is 5.75 Å². The van der Waals surface area contributed by atoms with Crippen LogP contribution in [0.25, 0.3) is 10.9 Å². The van der Waals surface area contributed by atoms with Gasteiger partial charge < -0.3 is 25.0 Å². The van der Waals surface area contributed by atoms with Crippen molar-refractivity contribution in [2.75, 3.05) is 30.8 Å². The van der Waals surface area contributed by atoms with Gasteiger partial charge in [-0.15, -0.1) is 0 Å². The van der Waals surface area contributed by atoms with Gasteiger partial charge in [0.25, 0.3) is 0 Å². The molecular formula is C28H28BrN5O3. The number of hydrogen-bond donors (Lipinski definition) is 2. The van der Waals surface area contributed by atoms with E-state index < -0.39 is 0 Å². The van der Waals surface area contributed by atoms with E-state index in [9.17, 15) is 4.79 Å². The number of methoxy groups -OCH3 is 1. The highest BCUT2D eigenvalue weighted by Gasteiger charge is 2.25. The van der Waals surface area contributed by atoms with Crippen molar-refractivity contribution < 1.29 is 14.3 Å². The molecule has 2 heterocycles. The van der Waals surface area contributed by atoms with Gasteiger partial charge >= 0.3 is 6.09 Å². The fourth-order valence-corrected chi connectivity index (χ4v) is 4.80. The number of benzene rings is 3. The van der Waals surface area contributed by atoms with Gasteiger partial charge in [0.2, 0.25) is 0 Å².